The summed E-state index contributed by atoms with van der Waals surface area (Å²) < 4.78 is 5.15. The largest absolute Gasteiger partial charge is 0.478 e. The summed E-state index contributed by atoms with van der Waals surface area (Å²) in [6.45, 7) is 0.482. The lowest BCUT2D eigenvalue weighted by atomic mass is 10.1. The van der Waals surface area contributed by atoms with Crippen LogP contribution in [0.25, 0.3) is 0 Å². The molecule has 0 bridgehead atoms. The minimum atomic E-state index is -1.00. The minimum Gasteiger partial charge on any atom is -0.478 e. The first-order valence-corrected chi connectivity index (χ1v) is 5.05. The Labute approximate surface area is 97.9 Å². The van der Waals surface area contributed by atoms with Gasteiger partial charge in [-0.25, -0.2) is 4.79 Å². The molecule has 2 rings (SSSR count). The molecule has 0 atom stereocenters. The van der Waals surface area contributed by atoms with Gasteiger partial charge in [-0.2, -0.15) is 0 Å². The van der Waals surface area contributed by atoms with Crippen LogP contribution in [0.3, 0.4) is 0 Å². The average molecular weight is 232 g/mol. The normalized spacial score (nSPS) is 10.1. The molecule has 0 amide bonds. The fraction of sp³-hybridized carbons (Fsp3) is 0.0833. The Balaban J connectivity index is 2.13. The van der Waals surface area contributed by atoms with Crippen molar-refractivity contribution >= 4 is 17.3 Å². The molecule has 5 heteroatoms. The molecule has 0 aliphatic carbocycles. The lowest BCUT2D eigenvalue weighted by molar-refractivity contribution is 0.0697. The number of anilines is 2. The van der Waals surface area contributed by atoms with Gasteiger partial charge in [0.2, 0.25) is 0 Å². The second-order valence-corrected chi connectivity index (χ2v) is 3.58. The average Bonchev–Trinajstić information content (AvgIpc) is 2.78. The Bertz CT molecular complexity index is 521. The van der Waals surface area contributed by atoms with Crippen LogP contribution in [0.2, 0.25) is 0 Å². The Morgan fingerprint density at radius 2 is 2.24 bits per heavy atom. The summed E-state index contributed by atoms with van der Waals surface area (Å²) in [5, 5.41) is 11.9. The second-order valence-electron chi connectivity index (χ2n) is 3.58. The number of carboxylic acids is 1. The maximum Gasteiger partial charge on any atom is 0.335 e. The molecule has 17 heavy (non-hydrogen) atoms. The third kappa shape index (κ3) is 2.78. The molecule has 0 fully saturated rings. The van der Waals surface area contributed by atoms with Crippen molar-refractivity contribution in [1.29, 1.82) is 0 Å². The van der Waals surface area contributed by atoms with E-state index >= 15 is 0 Å². The van der Waals surface area contributed by atoms with Gasteiger partial charge in [-0.3, -0.25) is 0 Å². The molecule has 0 saturated carbocycles. The predicted octanol–water partition coefficient (Wildman–Crippen LogP) is 2.17. The monoisotopic (exact) mass is 232 g/mol. The first-order valence-electron chi connectivity index (χ1n) is 5.05. The van der Waals surface area contributed by atoms with Gasteiger partial charge in [0.15, 0.2) is 0 Å². The number of carboxylic acid groups (broad SMARTS) is 1. The van der Waals surface area contributed by atoms with E-state index in [1.54, 1.807) is 18.4 Å². The number of nitrogen functional groups attached to an aromatic ring is 1. The SMILES string of the molecule is Nc1cc(NCc2ccco2)cc(C(=O)O)c1. The Hall–Kier alpha value is -2.43. The van der Waals surface area contributed by atoms with Gasteiger partial charge in [0.25, 0.3) is 0 Å². The summed E-state index contributed by atoms with van der Waals surface area (Å²) in [6.07, 6.45) is 1.58. The van der Waals surface area contributed by atoms with E-state index in [0.29, 0.717) is 17.9 Å². The molecule has 0 spiro atoms. The number of furan rings is 1. The van der Waals surface area contributed by atoms with Crippen LogP contribution in [0.5, 0.6) is 0 Å². The van der Waals surface area contributed by atoms with Gasteiger partial charge in [-0.15, -0.1) is 0 Å². The van der Waals surface area contributed by atoms with Crippen LogP contribution in [-0.4, -0.2) is 11.1 Å². The standard InChI is InChI=1S/C12H12N2O3/c13-9-4-8(12(15)16)5-10(6-9)14-7-11-2-1-3-17-11/h1-6,14H,7,13H2,(H,15,16). The topological polar surface area (TPSA) is 88.5 Å². The maximum absolute atomic E-state index is 10.8. The van der Waals surface area contributed by atoms with Gasteiger partial charge in [-0.1, -0.05) is 0 Å². The lowest BCUT2D eigenvalue weighted by Crippen LogP contribution is -2.03. The number of nitrogens with one attached hydrogen (secondary N) is 1. The highest BCUT2D eigenvalue weighted by molar-refractivity contribution is 5.90. The number of benzene rings is 1. The summed E-state index contributed by atoms with van der Waals surface area (Å²) in [4.78, 5) is 10.8. The van der Waals surface area contributed by atoms with Crippen molar-refractivity contribution in [1.82, 2.24) is 0 Å². The highest BCUT2D eigenvalue weighted by Crippen LogP contribution is 2.17. The van der Waals surface area contributed by atoms with E-state index in [9.17, 15) is 4.79 Å². The summed E-state index contributed by atoms with van der Waals surface area (Å²) in [5.41, 5.74) is 6.84. The van der Waals surface area contributed by atoms with Crippen LogP contribution in [-0.2, 0) is 6.54 Å². The first-order chi connectivity index (χ1) is 8.15. The summed E-state index contributed by atoms with van der Waals surface area (Å²) >= 11 is 0. The van der Waals surface area contributed by atoms with Crippen molar-refractivity contribution in [3.05, 3.63) is 47.9 Å². The van der Waals surface area contributed by atoms with Crippen LogP contribution in [0, 0.1) is 0 Å². The fourth-order valence-corrected chi connectivity index (χ4v) is 1.48. The van der Waals surface area contributed by atoms with E-state index in [1.165, 1.54) is 12.1 Å². The minimum absolute atomic E-state index is 0.159. The van der Waals surface area contributed by atoms with E-state index < -0.39 is 5.97 Å². The molecule has 1 aromatic carbocycles. The number of carbonyl (C=O) groups is 1. The molecular formula is C12H12N2O3. The van der Waals surface area contributed by atoms with Gasteiger partial charge >= 0.3 is 5.97 Å². The molecule has 88 valence electrons. The van der Waals surface area contributed by atoms with Gasteiger partial charge in [-0.05, 0) is 30.3 Å². The number of rotatable bonds is 4. The Morgan fingerprint density at radius 1 is 1.41 bits per heavy atom. The maximum atomic E-state index is 10.8. The third-order valence-corrected chi connectivity index (χ3v) is 2.25. The molecular weight excluding hydrogens is 220 g/mol. The van der Waals surface area contributed by atoms with Crippen LogP contribution in [0.15, 0.2) is 41.0 Å². The van der Waals surface area contributed by atoms with Crippen molar-refractivity contribution in [3.8, 4) is 0 Å². The summed E-state index contributed by atoms with van der Waals surface area (Å²) in [6, 6.07) is 8.24. The van der Waals surface area contributed by atoms with Crippen LogP contribution in [0.4, 0.5) is 11.4 Å². The number of nitrogens with two attached hydrogens (primary N) is 1. The smallest absolute Gasteiger partial charge is 0.335 e. The number of hydrogen-bond donors (Lipinski definition) is 3. The molecule has 5 nitrogen and oxygen atoms in total. The van der Waals surface area contributed by atoms with E-state index in [0.717, 1.165) is 5.76 Å². The van der Waals surface area contributed by atoms with E-state index in [-0.39, 0.29) is 5.56 Å². The molecule has 2 aromatic rings. The van der Waals surface area contributed by atoms with Gasteiger partial charge in [0.05, 0.1) is 18.4 Å². The zero-order valence-corrected chi connectivity index (χ0v) is 9.01. The van der Waals surface area contributed by atoms with E-state index in [2.05, 4.69) is 5.32 Å². The van der Waals surface area contributed by atoms with Crippen LogP contribution < -0.4 is 11.1 Å². The molecule has 0 saturated heterocycles. The molecule has 0 aliphatic heterocycles. The molecule has 4 N–H and O–H groups in total. The van der Waals surface area contributed by atoms with Crippen molar-refractivity contribution in [3.63, 3.8) is 0 Å². The highest BCUT2D eigenvalue weighted by Gasteiger charge is 2.05. The zero-order valence-electron chi connectivity index (χ0n) is 9.01. The van der Waals surface area contributed by atoms with Gasteiger partial charge in [0.1, 0.15) is 5.76 Å². The van der Waals surface area contributed by atoms with Crippen molar-refractivity contribution in [2.45, 2.75) is 6.54 Å². The first kappa shape index (κ1) is 11.1. The van der Waals surface area contributed by atoms with Crippen molar-refractivity contribution in [2.24, 2.45) is 0 Å². The fourth-order valence-electron chi connectivity index (χ4n) is 1.48. The van der Waals surface area contributed by atoms with Gasteiger partial charge in [0, 0.05) is 11.4 Å². The molecule has 0 radical (unpaired) electrons. The zero-order chi connectivity index (χ0) is 12.3. The quantitative estimate of drug-likeness (QED) is 0.703. The highest BCUT2D eigenvalue weighted by atomic mass is 16.4. The number of aromatic carboxylic acids is 1. The van der Waals surface area contributed by atoms with Crippen LogP contribution >= 0.6 is 0 Å². The molecule has 0 aliphatic rings. The predicted molar refractivity (Wildman–Crippen MR) is 63.8 cm³/mol. The summed E-state index contributed by atoms with van der Waals surface area (Å²) in [7, 11) is 0. The van der Waals surface area contributed by atoms with Crippen molar-refractivity contribution in [2.75, 3.05) is 11.1 Å². The Kier molecular flexibility index (Phi) is 3.00. The molecule has 1 aromatic heterocycles. The summed E-state index contributed by atoms with van der Waals surface area (Å²) in [5.74, 6) is -0.234. The third-order valence-electron chi connectivity index (χ3n) is 2.25. The van der Waals surface area contributed by atoms with Crippen molar-refractivity contribution < 1.29 is 14.3 Å². The molecule has 0 unspecified atom stereocenters. The second kappa shape index (κ2) is 4.61. The number of hydrogen-bond acceptors (Lipinski definition) is 4. The van der Waals surface area contributed by atoms with Crippen LogP contribution in [0.1, 0.15) is 16.1 Å². The van der Waals surface area contributed by atoms with E-state index in [4.69, 9.17) is 15.3 Å². The van der Waals surface area contributed by atoms with Gasteiger partial charge < -0.3 is 20.6 Å². The lowest BCUT2D eigenvalue weighted by Gasteiger charge is -2.07. The Morgan fingerprint density at radius 3 is 2.88 bits per heavy atom. The van der Waals surface area contributed by atoms with E-state index in [1.807, 2.05) is 6.07 Å². The molecule has 1 heterocycles.